The molecule has 2 aromatic rings. The van der Waals surface area contributed by atoms with Crippen molar-refractivity contribution in [1.29, 1.82) is 0 Å². The van der Waals surface area contributed by atoms with Crippen LogP contribution in [0.2, 0.25) is 0 Å². The van der Waals surface area contributed by atoms with Crippen molar-refractivity contribution < 1.29 is 9.18 Å². The molecule has 0 radical (unpaired) electrons. The van der Waals surface area contributed by atoms with Gasteiger partial charge in [0.25, 0.3) is 0 Å². The summed E-state index contributed by atoms with van der Waals surface area (Å²) in [7, 11) is 0. The van der Waals surface area contributed by atoms with E-state index in [2.05, 4.69) is 5.32 Å². The fourth-order valence-corrected chi connectivity index (χ4v) is 2.69. The van der Waals surface area contributed by atoms with E-state index in [1.165, 1.54) is 12.1 Å². The molecule has 2 nitrogen and oxygen atoms in total. The molecule has 20 heavy (non-hydrogen) atoms. The van der Waals surface area contributed by atoms with Gasteiger partial charge in [0.05, 0.1) is 5.38 Å². The van der Waals surface area contributed by atoms with Gasteiger partial charge in [0, 0.05) is 12.1 Å². The maximum absolute atomic E-state index is 13.3. The lowest BCUT2D eigenvalue weighted by atomic mass is 9.97. The number of anilines is 1. The van der Waals surface area contributed by atoms with E-state index in [1.807, 2.05) is 24.3 Å². The lowest BCUT2D eigenvalue weighted by Crippen LogP contribution is -2.19. The van der Waals surface area contributed by atoms with Crippen LogP contribution in [0.3, 0.4) is 0 Å². The summed E-state index contributed by atoms with van der Waals surface area (Å²) in [4.78, 5) is 11.3. The van der Waals surface area contributed by atoms with Crippen LogP contribution in [0.15, 0.2) is 42.5 Å². The number of hydrogen-bond acceptors (Lipinski definition) is 1. The number of carbonyl (C=O) groups is 1. The number of fused-ring (bicyclic) bond motifs is 1. The lowest BCUT2D eigenvalue weighted by Gasteiger charge is -2.19. The highest BCUT2D eigenvalue weighted by molar-refractivity contribution is 6.22. The van der Waals surface area contributed by atoms with Gasteiger partial charge in [-0.3, -0.25) is 4.79 Å². The Kier molecular flexibility index (Phi) is 3.45. The highest BCUT2D eigenvalue weighted by Crippen LogP contribution is 2.33. The lowest BCUT2D eigenvalue weighted by molar-refractivity contribution is -0.116. The monoisotopic (exact) mass is 289 g/mol. The van der Waals surface area contributed by atoms with E-state index >= 15 is 0 Å². The number of alkyl halides is 1. The summed E-state index contributed by atoms with van der Waals surface area (Å²) in [5.41, 5.74) is 3.55. The summed E-state index contributed by atoms with van der Waals surface area (Å²) < 4.78 is 13.3. The van der Waals surface area contributed by atoms with Gasteiger partial charge in [0.15, 0.2) is 0 Å². The molecule has 1 amide bonds. The van der Waals surface area contributed by atoms with Crippen molar-refractivity contribution >= 4 is 23.2 Å². The Morgan fingerprint density at radius 2 is 1.90 bits per heavy atom. The van der Waals surface area contributed by atoms with Crippen LogP contribution in [0, 0.1) is 5.82 Å². The van der Waals surface area contributed by atoms with Gasteiger partial charge in [-0.1, -0.05) is 24.3 Å². The molecule has 1 atom stereocenters. The van der Waals surface area contributed by atoms with Crippen molar-refractivity contribution in [2.45, 2.75) is 18.2 Å². The molecule has 1 aliphatic rings. The smallest absolute Gasteiger partial charge is 0.224 e. The Balaban J connectivity index is 1.93. The Bertz CT molecular complexity index is 671. The molecule has 0 saturated carbocycles. The van der Waals surface area contributed by atoms with Crippen molar-refractivity contribution in [3.05, 3.63) is 65.0 Å². The third-order valence-corrected chi connectivity index (χ3v) is 3.96. The minimum Gasteiger partial charge on any atom is -0.326 e. The molecule has 1 N–H and O–H groups in total. The van der Waals surface area contributed by atoms with Gasteiger partial charge in [-0.25, -0.2) is 4.39 Å². The largest absolute Gasteiger partial charge is 0.326 e. The van der Waals surface area contributed by atoms with Crippen LogP contribution in [0.25, 0.3) is 0 Å². The zero-order valence-corrected chi connectivity index (χ0v) is 11.5. The second-order valence-electron chi connectivity index (χ2n) is 4.88. The fraction of sp³-hybridized carbons (Fsp3) is 0.188. The molecule has 0 aliphatic carbocycles. The normalized spacial score (nSPS) is 15.4. The molecule has 3 rings (SSSR count). The Morgan fingerprint density at radius 1 is 1.10 bits per heavy atom. The Hall–Kier alpha value is -1.87. The van der Waals surface area contributed by atoms with E-state index in [-0.39, 0.29) is 11.7 Å². The number of aryl methyl sites for hydroxylation is 1. The van der Waals surface area contributed by atoms with E-state index in [0.717, 1.165) is 22.4 Å². The summed E-state index contributed by atoms with van der Waals surface area (Å²) in [6.07, 6.45) is 1.20. The van der Waals surface area contributed by atoms with Crippen LogP contribution in [-0.4, -0.2) is 5.91 Å². The van der Waals surface area contributed by atoms with Crippen molar-refractivity contribution in [3.63, 3.8) is 0 Å². The minimum absolute atomic E-state index is 0.0396. The first-order valence-corrected chi connectivity index (χ1v) is 6.89. The molecule has 1 heterocycles. The van der Waals surface area contributed by atoms with E-state index in [1.54, 1.807) is 6.07 Å². The van der Waals surface area contributed by atoms with Gasteiger partial charge >= 0.3 is 0 Å². The molecule has 4 heteroatoms. The van der Waals surface area contributed by atoms with Gasteiger partial charge < -0.3 is 5.32 Å². The molecule has 2 aromatic carbocycles. The summed E-state index contributed by atoms with van der Waals surface area (Å²) in [5, 5.41) is 2.44. The number of rotatable bonds is 2. The summed E-state index contributed by atoms with van der Waals surface area (Å²) in [6, 6.07) is 12.0. The molecule has 1 unspecified atom stereocenters. The predicted molar refractivity (Wildman–Crippen MR) is 77.5 cm³/mol. The first-order valence-electron chi connectivity index (χ1n) is 6.46. The van der Waals surface area contributed by atoms with Crippen LogP contribution >= 0.6 is 11.6 Å². The second kappa shape index (κ2) is 5.25. The van der Waals surface area contributed by atoms with Crippen molar-refractivity contribution in [3.8, 4) is 0 Å². The topological polar surface area (TPSA) is 29.1 Å². The molecule has 0 saturated heterocycles. The number of nitrogens with one attached hydrogen (secondary N) is 1. The van der Waals surface area contributed by atoms with Crippen molar-refractivity contribution in [2.75, 3.05) is 5.32 Å². The molecule has 0 bridgehead atoms. The Morgan fingerprint density at radius 3 is 2.70 bits per heavy atom. The molecular formula is C16H13ClFNO. The molecular weight excluding hydrogens is 277 g/mol. The number of hydrogen-bond donors (Lipinski definition) is 1. The van der Waals surface area contributed by atoms with Crippen LogP contribution < -0.4 is 5.32 Å². The minimum atomic E-state index is -0.395. The van der Waals surface area contributed by atoms with E-state index in [4.69, 9.17) is 11.6 Å². The number of benzene rings is 2. The molecule has 1 aliphatic heterocycles. The van der Waals surface area contributed by atoms with Crippen LogP contribution in [0.4, 0.5) is 10.1 Å². The predicted octanol–water partition coefficient (Wildman–Crippen LogP) is 4.04. The quantitative estimate of drug-likeness (QED) is 0.831. The van der Waals surface area contributed by atoms with Gasteiger partial charge in [0.1, 0.15) is 5.82 Å². The molecule has 102 valence electrons. The molecule has 0 fully saturated rings. The summed E-state index contributed by atoms with van der Waals surface area (Å²) in [5.74, 6) is -0.254. The standard InChI is InChI=1S/C16H13ClFNO/c17-16(11-2-1-3-13(18)9-11)12-4-6-14-10(8-12)5-7-15(20)19-14/h1-4,6,8-9,16H,5,7H2,(H,19,20). The third kappa shape index (κ3) is 2.54. The number of halogens is 2. The maximum Gasteiger partial charge on any atom is 0.224 e. The van der Waals surface area contributed by atoms with Gasteiger partial charge in [-0.05, 0) is 41.3 Å². The van der Waals surface area contributed by atoms with E-state index in [9.17, 15) is 9.18 Å². The average molecular weight is 290 g/mol. The average Bonchev–Trinajstić information content (AvgIpc) is 2.46. The van der Waals surface area contributed by atoms with Crippen molar-refractivity contribution in [1.82, 2.24) is 0 Å². The van der Waals surface area contributed by atoms with Crippen LogP contribution in [0.1, 0.15) is 28.5 Å². The second-order valence-corrected chi connectivity index (χ2v) is 5.32. The van der Waals surface area contributed by atoms with Gasteiger partial charge in [-0.15, -0.1) is 11.6 Å². The summed E-state index contributed by atoms with van der Waals surface area (Å²) in [6.45, 7) is 0. The third-order valence-electron chi connectivity index (χ3n) is 3.46. The molecule has 0 spiro atoms. The molecule has 0 aromatic heterocycles. The fourth-order valence-electron chi connectivity index (χ4n) is 2.42. The van der Waals surface area contributed by atoms with Crippen LogP contribution in [-0.2, 0) is 11.2 Å². The van der Waals surface area contributed by atoms with Crippen LogP contribution in [0.5, 0.6) is 0 Å². The first-order chi connectivity index (χ1) is 9.63. The highest BCUT2D eigenvalue weighted by atomic mass is 35.5. The number of carbonyl (C=O) groups excluding carboxylic acids is 1. The van der Waals surface area contributed by atoms with E-state index in [0.29, 0.717) is 12.8 Å². The number of amides is 1. The zero-order valence-electron chi connectivity index (χ0n) is 10.7. The van der Waals surface area contributed by atoms with E-state index < -0.39 is 5.38 Å². The zero-order chi connectivity index (χ0) is 14.1. The Labute approximate surface area is 121 Å². The maximum atomic E-state index is 13.3. The van der Waals surface area contributed by atoms with Gasteiger partial charge in [-0.2, -0.15) is 0 Å². The highest BCUT2D eigenvalue weighted by Gasteiger charge is 2.18. The summed E-state index contributed by atoms with van der Waals surface area (Å²) >= 11 is 6.42. The van der Waals surface area contributed by atoms with Gasteiger partial charge in [0.2, 0.25) is 5.91 Å². The van der Waals surface area contributed by atoms with Crippen molar-refractivity contribution in [2.24, 2.45) is 0 Å². The first kappa shape index (κ1) is 13.1. The SMILES string of the molecule is O=C1CCc2cc(C(Cl)c3cccc(F)c3)ccc2N1.